The predicted molar refractivity (Wildman–Crippen MR) is 80.9 cm³/mol. The molecule has 0 aromatic rings. The summed E-state index contributed by atoms with van der Waals surface area (Å²) in [5, 5.41) is 0.169. The van der Waals surface area contributed by atoms with Gasteiger partial charge in [-0.15, -0.1) is 0 Å². The number of hydrogen-bond acceptors (Lipinski definition) is 3. The van der Waals surface area contributed by atoms with E-state index in [1.54, 1.807) is 0 Å². The van der Waals surface area contributed by atoms with E-state index in [2.05, 4.69) is 40.8 Å². The van der Waals surface area contributed by atoms with Gasteiger partial charge in [0.25, 0.3) is 0 Å². The minimum absolute atomic E-state index is 0.169. The highest BCUT2D eigenvalue weighted by molar-refractivity contribution is 6.74. The molecule has 0 spiro atoms. The molecule has 1 saturated heterocycles. The van der Waals surface area contributed by atoms with Crippen LogP contribution in [-0.4, -0.2) is 33.4 Å². The van der Waals surface area contributed by atoms with Gasteiger partial charge in [0, 0.05) is 19.6 Å². The highest BCUT2D eigenvalue weighted by Crippen LogP contribution is 2.43. The Morgan fingerprint density at radius 2 is 1.74 bits per heavy atom. The highest BCUT2D eigenvalue weighted by atomic mass is 28.4. The third-order valence-corrected chi connectivity index (χ3v) is 9.46. The van der Waals surface area contributed by atoms with Crippen LogP contribution in [0, 0.1) is 5.92 Å². The Morgan fingerprint density at radius 3 is 2.16 bits per heavy atom. The summed E-state index contributed by atoms with van der Waals surface area (Å²) < 4.78 is 12.1. The van der Waals surface area contributed by atoms with Crippen molar-refractivity contribution in [3.63, 3.8) is 0 Å². The fraction of sp³-hybridized carbons (Fsp3) is 0.933. The van der Waals surface area contributed by atoms with Crippen molar-refractivity contribution in [2.45, 2.75) is 70.7 Å². The average Bonchev–Trinajstić information content (AvgIpc) is 2.28. The first-order valence-electron chi connectivity index (χ1n) is 7.34. The second-order valence-electron chi connectivity index (χ2n) is 7.43. The van der Waals surface area contributed by atoms with Gasteiger partial charge in [0.2, 0.25) is 0 Å². The van der Waals surface area contributed by atoms with Gasteiger partial charge in [-0.25, -0.2) is 0 Å². The van der Waals surface area contributed by atoms with Crippen LogP contribution in [-0.2, 0) is 14.0 Å². The molecule has 0 aliphatic carbocycles. The molecule has 3 nitrogen and oxygen atoms in total. The highest BCUT2D eigenvalue weighted by Gasteiger charge is 2.46. The van der Waals surface area contributed by atoms with E-state index in [0.717, 1.165) is 32.3 Å². The standard InChI is InChI=1S/C15H30O3Si/c1-14(2,3)19(5,6)18-15(4,9-10-16)13-7-11-17-12-8-13/h10,13H,7-9,11-12H2,1-6H3. The van der Waals surface area contributed by atoms with Crippen molar-refractivity contribution in [1.82, 2.24) is 0 Å². The van der Waals surface area contributed by atoms with Crippen LogP contribution in [0.3, 0.4) is 0 Å². The first kappa shape index (κ1) is 16.9. The molecule has 1 fully saturated rings. The summed E-state index contributed by atoms with van der Waals surface area (Å²) in [6, 6.07) is 0. The maximum atomic E-state index is 11.1. The Bertz CT molecular complexity index is 303. The molecular formula is C15H30O3Si. The van der Waals surface area contributed by atoms with Crippen molar-refractivity contribution >= 4 is 14.6 Å². The molecule has 1 aliphatic rings. The third kappa shape index (κ3) is 4.13. The third-order valence-electron chi connectivity index (χ3n) is 4.87. The summed E-state index contributed by atoms with van der Waals surface area (Å²) >= 11 is 0. The minimum Gasteiger partial charge on any atom is -0.411 e. The molecule has 0 aromatic carbocycles. The molecular weight excluding hydrogens is 256 g/mol. The van der Waals surface area contributed by atoms with Crippen molar-refractivity contribution < 1.29 is 14.0 Å². The quantitative estimate of drug-likeness (QED) is 0.570. The van der Waals surface area contributed by atoms with E-state index in [9.17, 15) is 4.79 Å². The molecule has 1 heterocycles. The molecule has 1 atom stereocenters. The van der Waals surface area contributed by atoms with Crippen LogP contribution in [0.15, 0.2) is 0 Å². The largest absolute Gasteiger partial charge is 0.411 e. The van der Waals surface area contributed by atoms with Crippen LogP contribution in [0.4, 0.5) is 0 Å². The van der Waals surface area contributed by atoms with Gasteiger partial charge < -0.3 is 14.0 Å². The van der Waals surface area contributed by atoms with E-state index in [0.29, 0.717) is 12.3 Å². The molecule has 1 rings (SSSR count). The number of rotatable bonds is 5. The Labute approximate surface area is 119 Å². The van der Waals surface area contributed by atoms with Gasteiger partial charge in [0.05, 0.1) is 5.60 Å². The molecule has 1 unspecified atom stereocenters. The average molecular weight is 286 g/mol. The summed E-state index contributed by atoms with van der Waals surface area (Å²) in [5.74, 6) is 0.431. The number of ether oxygens (including phenoxy) is 1. The van der Waals surface area contributed by atoms with E-state index in [-0.39, 0.29) is 10.6 Å². The van der Waals surface area contributed by atoms with Crippen LogP contribution < -0.4 is 0 Å². The molecule has 1 aliphatic heterocycles. The van der Waals surface area contributed by atoms with Crippen molar-refractivity contribution in [2.75, 3.05) is 13.2 Å². The summed E-state index contributed by atoms with van der Waals surface area (Å²) in [7, 11) is -1.86. The van der Waals surface area contributed by atoms with Crippen molar-refractivity contribution in [3.8, 4) is 0 Å². The monoisotopic (exact) mass is 286 g/mol. The first-order chi connectivity index (χ1) is 8.62. The molecule has 0 radical (unpaired) electrons. The lowest BCUT2D eigenvalue weighted by Crippen LogP contribution is -2.52. The van der Waals surface area contributed by atoms with E-state index < -0.39 is 8.32 Å². The number of carbonyl (C=O) groups is 1. The fourth-order valence-corrected chi connectivity index (χ4v) is 4.22. The molecule has 0 N–H and O–H groups in total. The maximum Gasteiger partial charge on any atom is 0.192 e. The lowest BCUT2D eigenvalue weighted by Gasteiger charge is -2.48. The van der Waals surface area contributed by atoms with Crippen LogP contribution in [0.5, 0.6) is 0 Å². The van der Waals surface area contributed by atoms with Gasteiger partial charge in [-0.2, -0.15) is 0 Å². The lowest BCUT2D eigenvalue weighted by molar-refractivity contribution is -0.115. The van der Waals surface area contributed by atoms with Crippen LogP contribution in [0.25, 0.3) is 0 Å². The Balaban J connectivity index is 2.89. The molecule has 19 heavy (non-hydrogen) atoms. The topological polar surface area (TPSA) is 35.5 Å². The molecule has 0 saturated carbocycles. The van der Waals surface area contributed by atoms with Crippen LogP contribution in [0.2, 0.25) is 18.1 Å². The van der Waals surface area contributed by atoms with Gasteiger partial charge >= 0.3 is 0 Å². The Morgan fingerprint density at radius 1 is 1.21 bits per heavy atom. The molecule has 112 valence electrons. The second kappa shape index (κ2) is 6.06. The van der Waals surface area contributed by atoms with E-state index >= 15 is 0 Å². The zero-order chi connectivity index (χ0) is 14.7. The zero-order valence-electron chi connectivity index (χ0n) is 13.4. The zero-order valence-corrected chi connectivity index (χ0v) is 14.4. The fourth-order valence-electron chi connectivity index (χ4n) is 2.50. The smallest absolute Gasteiger partial charge is 0.192 e. The molecule has 0 bridgehead atoms. The predicted octanol–water partition coefficient (Wildman–Crippen LogP) is 3.78. The van der Waals surface area contributed by atoms with Gasteiger partial charge in [-0.3, -0.25) is 0 Å². The van der Waals surface area contributed by atoms with Gasteiger partial charge in [-0.1, -0.05) is 20.8 Å². The van der Waals surface area contributed by atoms with E-state index in [1.165, 1.54) is 0 Å². The second-order valence-corrected chi connectivity index (χ2v) is 12.2. The van der Waals surface area contributed by atoms with Crippen molar-refractivity contribution in [2.24, 2.45) is 5.92 Å². The van der Waals surface area contributed by atoms with E-state index in [1.807, 2.05) is 0 Å². The Hall–Kier alpha value is -0.193. The van der Waals surface area contributed by atoms with Gasteiger partial charge in [0.15, 0.2) is 8.32 Å². The number of carbonyl (C=O) groups excluding carboxylic acids is 1. The Kier molecular flexibility index (Phi) is 5.38. The molecule has 4 heteroatoms. The van der Waals surface area contributed by atoms with Crippen LogP contribution >= 0.6 is 0 Å². The number of aldehydes is 1. The lowest BCUT2D eigenvalue weighted by atomic mass is 9.81. The van der Waals surface area contributed by atoms with Crippen molar-refractivity contribution in [1.29, 1.82) is 0 Å². The van der Waals surface area contributed by atoms with Gasteiger partial charge in [0.1, 0.15) is 6.29 Å². The summed E-state index contributed by atoms with van der Waals surface area (Å²) in [6.07, 6.45) is 3.50. The minimum atomic E-state index is -1.86. The molecule has 0 aromatic heterocycles. The molecule has 0 amide bonds. The summed E-state index contributed by atoms with van der Waals surface area (Å²) in [6.45, 7) is 14.9. The van der Waals surface area contributed by atoms with Crippen molar-refractivity contribution in [3.05, 3.63) is 0 Å². The van der Waals surface area contributed by atoms with E-state index in [4.69, 9.17) is 9.16 Å². The SMILES string of the molecule is CC(CC=O)(O[Si](C)(C)C(C)(C)C)C1CCOCC1. The van der Waals surface area contributed by atoms with Gasteiger partial charge in [-0.05, 0) is 43.8 Å². The maximum absolute atomic E-state index is 11.1. The summed E-state index contributed by atoms with van der Waals surface area (Å²) in [5.41, 5.74) is -0.325. The first-order valence-corrected chi connectivity index (χ1v) is 10.2. The summed E-state index contributed by atoms with van der Waals surface area (Å²) in [4.78, 5) is 11.1. The van der Waals surface area contributed by atoms with Crippen LogP contribution in [0.1, 0.15) is 47.0 Å². The number of hydrogen-bond donors (Lipinski definition) is 0. The normalized spacial score (nSPS) is 22.0.